The summed E-state index contributed by atoms with van der Waals surface area (Å²) in [6.07, 6.45) is 5.80. The van der Waals surface area contributed by atoms with Crippen molar-refractivity contribution in [2.75, 3.05) is 5.32 Å². The molecule has 1 atom stereocenters. The highest BCUT2D eigenvalue weighted by molar-refractivity contribution is 5.59. The summed E-state index contributed by atoms with van der Waals surface area (Å²) in [5.41, 5.74) is 4.16. The average Bonchev–Trinajstić information content (AvgIpc) is 3.65. The first-order valence-corrected chi connectivity index (χ1v) is 10.9. The molecule has 0 saturated carbocycles. The van der Waals surface area contributed by atoms with E-state index in [0.29, 0.717) is 30.7 Å². The first kappa shape index (κ1) is 22.1. The summed E-state index contributed by atoms with van der Waals surface area (Å²) >= 11 is 0. The van der Waals surface area contributed by atoms with E-state index in [0.717, 1.165) is 28.1 Å². The third-order valence-electron chi connectivity index (χ3n) is 5.14. The zero-order valence-corrected chi connectivity index (χ0v) is 18.8. The van der Waals surface area contributed by atoms with Crippen LogP contribution in [0.4, 0.5) is 6.01 Å². The van der Waals surface area contributed by atoms with E-state index in [1.165, 1.54) is 6.39 Å². The fourth-order valence-corrected chi connectivity index (χ4v) is 3.40. The summed E-state index contributed by atoms with van der Waals surface area (Å²) in [6.45, 7) is 2.62. The number of nitrogens with one attached hydrogen (secondary N) is 1. The maximum Gasteiger partial charge on any atom is 0.315 e. The fourth-order valence-electron chi connectivity index (χ4n) is 3.40. The van der Waals surface area contributed by atoms with Crippen molar-refractivity contribution < 1.29 is 14.0 Å². The van der Waals surface area contributed by atoms with Crippen LogP contribution in [-0.4, -0.2) is 35.0 Å². The lowest BCUT2D eigenvalue weighted by molar-refractivity contribution is 0.184. The lowest BCUT2D eigenvalue weighted by Gasteiger charge is -2.07. The second kappa shape index (κ2) is 10.0. The van der Waals surface area contributed by atoms with Crippen LogP contribution in [0.1, 0.15) is 41.4 Å². The molecule has 4 aromatic heterocycles. The molecule has 0 aliphatic rings. The van der Waals surface area contributed by atoms with Gasteiger partial charge in [-0.3, -0.25) is 4.98 Å². The summed E-state index contributed by atoms with van der Waals surface area (Å²) < 4.78 is 12.4. The minimum absolute atomic E-state index is 0.351. The van der Waals surface area contributed by atoms with E-state index in [1.807, 2.05) is 47.0 Å². The summed E-state index contributed by atoms with van der Waals surface area (Å²) in [5, 5.41) is 24.3. The van der Waals surface area contributed by atoms with Gasteiger partial charge in [-0.1, -0.05) is 22.1 Å². The number of hydrogen-bond donors (Lipinski definition) is 2. The lowest BCUT2D eigenvalue weighted by Crippen LogP contribution is -2.07. The number of benzene rings is 1. The Labute approximate surface area is 200 Å². The quantitative estimate of drug-likeness (QED) is 0.346. The van der Waals surface area contributed by atoms with E-state index in [-0.39, 0.29) is 0 Å². The number of aromatic nitrogens is 6. The van der Waals surface area contributed by atoms with Gasteiger partial charge in [0.15, 0.2) is 5.76 Å². The van der Waals surface area contributed by atoms with Gasteiger partial charge in [-0.2, -0.15) is 0 Å². The predicted molar refractivity (Wildman–Crippen MR) is 126 cm³/mol. The Bertz CT molecular complexity index is 1440. The Morgan fingerprint density at radius 1 is 1.06 bits per heavy atom. The van der Waals surface area contributed by atoms with Gasteiger partial charge in [0.25, 0.3) is 0 Å². The van der Waals surface area contributed by atoms with Gasteiger partial charge in [0.2, 0.25) is 6.39 Å². The molecule has 5 aromatic rings. The van der Waals surface area contributed by atoms with Gasteiger partial charge < -0.3 is 23.9 Å². The number of rotatable bonds is 7. The highest BCUT2D eigenvalue weighted by Crippen LogP contribution is 2.22. The molecule has 10 nitrogen and oxygen atoms in total. The van der Waals surface area contributed by atoms with Crippen LogP contribution in [0, 0.1) is 11.8 Å². The van der Waals surface area contributed by atoms with Gasteiger partial charge >= 0.3 is 6.01 Å². The predicted octanol–water partition coefficient (Wildman–Crippen LogP) is 3.43. The maximum absolute atomic E-state index is 9.81. The molecule has 5 rings (SSSR count). The molecule has 0 saturated heterocycles. The standard InChI is InChI=1S/C25H21N7O3/c1-17(33)24-26-10-11-32(24)15-22-12-23(35-31-22)20-7-4-18(5-8-20)2-3-19-6-9-21(27-13-19)14-28-25-30-29-16-34-25/h4-13,16-17,33H,14-15H2,1H3,(H,28,30)/t17-/m0/s1. The maximum atomic E-state index is 9.81. The Hall–Kier alpha value is -4.75. The summed E-state index contributed by atoms with van der Waals surface area (Å²) in [5.74, 6) is 7.51. The van der Waals surface area contributed by atoms with Crippen molar-refractivity contribution in [2.24, 2.45) is 0 Å². The number of aliphatic hydroxyl groups is 1. The van der Waals surface area contributed by atoms with Gasteiger partial charge in [0.05, 0.1) is 18.8 Å². The molecule has 0 amide bonds. The smallest absolute Gasteiger partial charge is 0.315 e. The number of hydrogen-bond acceptors (Lipinski definition) is 9. The molecule has 0 aliphatic carbocycles. The Kier molecular flexibility index (Phi) is 6.32. The van der Waals surface area contributed by atoms with E-state index in [2.05, 4.69) is 42.5 Å². The van der Waals surface area contributed by atoms with Crippen molar-refractivity contribution in [1.29, 1.82) is 0 Å². The molecule has 0 unspecified atom stereocenters. The van der Waals surface area contributed by atoms with Crippen LogP contribution in [0.15, 0.2) is 76.4 Å². The second-order valence-corrected chi connectivity index (χ2v) is 7.73. The second-order valence-electron chi connectivity index (χ2n) is 7.73. The SMILES string of the molecule is C[C@H](O)c1nccn1Cc1cc(-c2ccc(C#Cc3ccc(CNc4nnco4)nc3)cc2)on1. The highest BCUT2D eigenvalue weighted by Gasteiger charge is 2.12. The first-order valence-electron chi connectivity index (χ1n) is 10.9. The number of nitrogens with zero attached hydrogens (tertiary/aromatic N) is 6. The molecule has 10 heteroatoms. The van der Waals surface area contributed by atoms with E-state index in [4.69, 9.17) is 8.94 Å². The Morgan fingerprint density at radius 2 is 1.89 bits per heavy atom. The van der Waals surface area contributed by atoms with Gasteiger partial charge in [-0.15, -0.1) is 5.10 Å². The molecule has 0 aliphatic heterocycles. The average molecular weight is 467 g/mol. The van der Waals surface area contributed by atoms with Crippen LogP contribution < -0.4 is 5.32 Å². The van der Waals surface area contributed by atoms with Crippen LogP contribution in [-0.2, 0) is 13.1 Å². The van der Waals surface area contributed by atoms with E-state index in [1.54, 1.807) is 25.5 Å². The van der Waals surface area contributed by atoms with Crippen molar-refractivity contribution in [3.63, 3.8) is 0 Å². The van der Waals surface area contributed by atoms with Crippen molar-refractivity contribution in [3.8, 4) is 23.2 Å². The van der Waals surface area contributed by atoms with Crippen molar-refractivity contribution in [2.45, 2.75) is 26.1 Å². The van der Waals surface area contributed by atoms with Gasteiger partial charge in [-0.05, 0) is 43.3 Å². The lowest BCUT2D eigenvalue weighted by atomic mass is 10.1. The summed E-state index contributed by atoms with van der Waals surface area (Å²) in [6, 6.07) is 13.8. The minimum atomic E-state index is -0.654. The molecule has 0 spiro atoms. The zero-order valence-electron chi connectivity index (χ0n) is 18.8. The number of aliphatic hydroxyl groups excluding tert-OH is 1. The zero-order chi connectivity index (χ0) is 24.0. The van der Waals surface area contributed by atoms with Crippen LogP contribution in [0.3, 0.4) is 0 Å². The highest BCUT2D eigenvalue weighted by atomic mass is 16.5. The molecule has 2 N–H and O–H groups in total. The molecule has 1 aromatic carbocycles. The van der Waals surface area contributed by atoms with Gasteiger partial charge in [0.1, 0.15) is 17.6 Å². The Balaban J connectivity index is 1.20. The fraction of sp³-hybridized carbons (Fsp3) is 0.160. The number of imidazole rings is 1. The van der Waals surface area contributed by atoms with Crippen LogP contribution in [0.25, 0.3) is 11.3 Å². The van der Waals surface area contributed by atoms with Crippen molar-refractivity contribution >= 4 is 6.01 Å². The van der Waals surface area contributed by atoms with Crippen LogP contribution in [0.5, 0.6) is 0 Å². The van der Waals surface area contributed by atoms with E-state index < -0.39 is 6.10 Å². The molecular formula is C25H21N7O3. The van der Waals surface area contributed by atoms with Crippen molar-refractivity contribution in [1.82, 2.24) is 29.9 Å². The van der Waals surface area contributed by atoms with Crippen LogP contribution >= 0.6 is 0 Å². The topological polar surface area (TPSA) is 128 Å². The molecule has 35 heavy (non-hydrogen) atoms. The van der Waals surface area contributed by atoms with Crippen molar-refractivity contribution in [3.05, 3.63) is 95.8 Å². The van der Waals surface area contributed by atoms with Crippen LogP contribution in [0.2, 0.25) is 0 Å². The minimum Gasteiger partial charge on any atom is -0.411 e. The van der Waals surface area contributed by atoms with Gasteiger partial charge in [-0.25, -0.2) is 4.98 Å². The largest absolute Gasteiger partial charge is 0.411 e. The van der Waals surface area contributed by atoms with Gasteiger partial charge in [0, 0.05) is 41.3 Å². The normalized spacial score (nSPS) is 11.6. The molecule has 0 radical (unpaired) electrons. The third-order valence-corrected chi connectivity index (χ3v) is 5.14. The van der Waals surface area contributed by atoms with E-state index >= 15 is 0 Å². The molecule has 0 fully saturated rings. The molecular weight excluding hydrogens is 446 g/mol. The monoisotopic (exact) mass is 467 g/mol. The number of anilines is 1. The first-order chi connectivity index (χ1) is 17.1. The molecule has 174 valence electrons. The van der Waals surface area contributed by atoms with E-state index in [9.17, 15) is 5.11 Å². The molecule has 4 heterocycles. The molecule has 0 bridgehead atoms. The summed E-state index contributed by atoms with van der Waals surface area (Å²) in [7, 11) is 0. The Morgan fingerprint density at radius 3 is 2.63 bits per heavy atom. The third kappa shape index (κ3) is 5.43. The number of pyridine rings is 1. The summed E-state index contributed by atoms with van der Waals surface area (Å²) in [4.78, 5) is 8.57.